The average molecular weight is 296 g/mol. The SMILES string of the molecule is CCNc1cc(NCC2CCC(O)CC2)nc(SC)n1. The molecule has 6 heteroatoms. The van der Waals surface area contributed by atoms with Crippen molar-refractivity contribution < 1.29 is 5.11 Å². The van der Waals surface area contributed by atoms with E-state index >= 15 is 0 Å². The number of hydrogen-bond acceptors (Lipinski definition) is 6. The van der Waals surface area contributed by atoms with Crippen LogP contribution in [0.4, 0.5) is 11.6 Å². The zero-order valence-electron chi connectivity index (χ0n) is 12.2. The van der Waals surface area contributed by atoms with Crippen LogP contribution >= 0.6 is 11.8 Å². The summed E-state index contributed by atoms with van der Waals surface area (Å²) in [6.45, 7) is 3.83. The molecular formula is C14H24N4OS. The zero-order chi connectivity index (χ0) is 14.4. The lowest BCUT2D eigenvalue weighted by Crippen LogP contribution is -2.23. The van der Waals surface area contributed by atoms with Crippen molar-refractivity contribution in [3.05, 3.63) is 6.07 Å². The summed E-state index contributed by atoms with van der Waals surface area (Å²) in [4.78, 5) is 8.90. The molecule has 1 fully saturated rings. The van der Waals surface area contributed by atoms with E-state index in [0.717, 1.165) is 55.6 Å². The molecule has 1 aromatic rings. The minimum absolute atomic E-state index is 0.0891. The second-order valence-corrected chi connectivity index (χ2v) is 5.98. The monoisotopic (exact) mass is 296 g/mol. The third-order valence-electron chi connectivity index (χ3n) is 3.63. The largest absolute Gasteiger partial charge is 0.393 e. The highest BCUT2D eigenvalue weighted by Crippen LogP contribution is 2.25. The first kappa shape index (κ1) is 15.4. The lowest BCUT2D eigenvalue weighted by atomic mass is 9.87. The summed E-state index contributed by atoms with van der Waals surface area (Å²) in [5.74, 6) is 2.38. The van der Waals surface area contributed by atoms with Gasteiger partial charge < -0.3 is 15.7 Å². The number of aliphatic hydroxyl groups is 1. The van der Waals surface area contributed by atoms with Gasteiger partial charge in [0, 0.05) is 19.2 Å². The Kier molecular flexibility index (Phi) is 5.91. The van der Waals surface area contributed by atoms with Crippen LogP contribution in [0.1, 0.15) is 32.6 Å². The van der Waals surface area contributed by atoms with Crippen molar-refractivity contribution in [2.45, 2.75) is 43.9 Å². The lowest BCUT2D eigenvalue weighted by Gasteiger charge is -2.25. The normalized spacial score (nSPS) is 22.6. The van der Waals surface area contributed by atoms with Crippen molar-refractivity contribution >= 4 is 23.4 Å². The second kappa shape index (κ2) is 7.69. The van der Waals surface area contributed by atoms with Gasteiger partial charge in [0.25, 0.3) is 0 Å². The second-order valence-electron chi connectivity index (χ2n) is 5.21. The van der Waals surface area contributed by atoms with Crippen molar-refractivity contribution in [3.63, 3.8) is 0 Å². The molecule has 0 spiro atoms. The van der Waals surface area contributed by atoms with Crippen LogP contribution in [0.2, 0.25) is 0 Å². The van der Waals surface area contributed by atoms with Gasteiger partial charge in [0.15, 0.2) is 5.16 Å². The van der Waals surface area contributed by atoms with Gasteiger partial charge in [-0.15, -0.1) is 0 Å². The van der Waals surface area contributed by atoms with E-state index in [1.54, 1.807) is 11.8 Å². The van der Waals surface area contributed by atoms with Gasteiger partial charge in [-0.25, -0.2) is 9.97 Å². The molecule has 1 aliphatic carbocycles. The van der Waals surface area contributed by atoms with Crippen molar-refractivity contribution in [1.82, 2.24) is 9.97 Å². The molecular weight excluding hydrogens is 272 g/mol. The van der Waals surface area contributed by atoms with Crippen LogP contribution in [0.3, 0.4) is 0 Å². The van der Waals surface area contributed by atoms with Crippen molar-refractivity contribution in [2.75, 3.05) is 30.0 Å². The maximum atomic E-state index is 9.52. The van der Waals surface area contributed by atoms with E-state index in [1.165, 1.54) is 0 Å². The van der Waals surface area contributed by atoms with E-state index < -0.39 is 0 Å². The predicted molar refractivity (Wildman–Crippen MR) is 84.4 cm³/mol. The number of rotatable bonds is 6. The van der Waals surface area contributed by atoms with Gasteiger partial charge in [-0.05, 0) is 44.8 Å². The van der Waals surface area contributed by atoms with Gasteiger partial charge in [0.1, 0.15) is 11.6 Å². The fourth-order valence-corrected chi connectivity index (χ4v) is 2.86. The highest BCUT2D eigenvalue weighted by Gasteiger charge is 2.19. The molecule has 0 aromatic carbocycles. The fourth-order valence-electron chi connectivity index (χ4n) is 2.48. The summed E-state index contributed by atoms with van der Waals surface area (Å²) in [7, 11) is 0. The minimum atomic E-state index is -0.0891. The van der Waals surface area contributed by atoms with Gasteiger partial charge in [0.2, 0.25) is 0 Å². The van der Waals surface area contributed by atoms with Crippen molar-refractivity contribution in [3.8, 4) is 0 Å². The van der Waals surface area contributed by atoms with Crippen LogP contribution in [0.5, 0.6) is 0 Å². The molecule has 0 atom stereocenters. The summed E-state index contributed by atoms with van der Waals surface area (Å²) in [6.07, 6.45) is 5.93. The topological polar surface area (TPSA) is 70.1 Å². The third-order valence-corrected chi connectivity index (χ3v) is 4.18. The number of aliphatic hydroxyl groups excluding tert-OH is 1. The van der Waals surface area contributed by atoms with Gasteiger partial charge in [0.05, 0.1) is 6.10 Å². The molecule has 3 N–H and O–H groups in total. The number of aromatic nitrogens is 2. The standard InChI is InChI=1S/C14H24N4OS/c1-3-15-12-8-13(18-14(17-12)20-2)16-9-10-4-6-11(19)7-5-10/h8,10-11,19H,3-7,9H2,1-2H3,(H2,15,16,17,18). The van der Waals surface area contributed by atoms with E-state index in [-0.39, 0.29) is 6.10 Å². The molecule has 1 saturated carbocycles. The predicted octanol–water partition coefficient (Wildman–Crippen LogP) is 2.59. The molecule has 112 valence electrons. The molecule has 5 nitrogen and oxygen atoms in total. The molecule has 1 aliphatic rings. The first-order chi connectivity index (χ1) is 9.71. The average Bonchev–Trinajstić information content (AvgIpc) is 2.47. The molecule has 2 rings (SSSR count). The highest BCUT2D eigenvalue weighted by molar-refractivity contribution is 7.98. The Morgan fingerprint density at radius 1 is 1.20 bits per heavy atom. The van der Waals surface area contributed by atoms with Crippen LogP contribution in [0.15, 0.2) is 11.2 Å². The maximum Gasteiger partial charge on any atom is 0.191 e. The summed E-state index contributed by atoms with van der Waals surface area (Å²) in [5, 5.41) is 17.0. The Hall–Kier alpha value is -1.01. The molecule has 20 heavy (non-hydrogen) atoms. The number of hydrogen-bond donors (Lipinski definition) is 3. The fraction of sp³-hybridized carbons (Fsp3) is 0.714. The molecule has 0 aliphatic heterocycles. The van der Waals surface area contributed by atoms with Crippen LogP contribution in [-0.2, 0) is 0 Å². The Morgan fingerprint density at radius 2 is 1.85 bits per heavy atom. The number of nitrogens with one attached hydrogen (secondary N) is 2. The Balaban J connectivity index is 1.92. The quantitative estimate of drug-likeness (QED) is 0.554. The summed E-state index contributed by atoms with van der Waals surface area (Å²) in [6, 6.07) is 1.96. The van der Waals surface area contributed by atoms with Crippen LogP contribution in [0.25, 0.3) is 0 Å². The van der Waals surface area contributed by atoms with Crippen LogP contribution in [-0.4, -0.2) is 40.5 Å². The Bertz CT molecular complexity index is 422. The van der Waals surface area contributed by atoms with Crippen LogP contribution in [0, 0.1) is 5.92 Å². The number of nitrogens with zero attached hydrogens (tertiary/aromatic N) is 2. The molecule has 0 unspecified atom stereocenters. The van der Waals surface area contributed by atoms with Crippen LogP contribution < -0.4 is 10.6 Å². The summed E-state index contributed by atoms with van der Waals surface area (Å²) >= 11 is 1.55. The lowest BCUT2D eigenvalue weighted by molar-refractivity contribution is 0.111. The zero-order valence-corrected chi connectivity index (χ0v) is 13.0. The first-order valence-corrected chi connectivity index (χ1v) is 8.52. The van der Waals surface area contributed by atoms with E-state index in [4.69, 9.17) is 0 Å². The molecule has 0 saturated heterocycles. The maximum absolute atomic E-state index is 9.52. The van der Waals surface area contributed by atoms with Gasteiger partial charge in [-0.3, -0.25) is 0 Å². The highest BCUT2D eigenvalue weighted by atomic mass is 32.2. The smallest absolute Gasteiger partial charge is 0.191 e. The van der Waals surface area contributed by atoms with E-state index in [9.17, 15) is 5.11 Å². The molecule has 1 aromatic heterocycles. The van der Waals surface area contributed by atoms with Gasteiger partial charge in [-0.2, -0.15) is 0 Å². The van der Waals surface area contributed by atoms with Gasteiger partial charge in [-0.1, -0.05) is 11.8 Å². The molecule has 0 radical (unpaired) electrons. The summed E-state index contributed by atoms with van der Waals surface area (Å²) < 4.78 is 0. The third kappa shape index (κ3) is 4.52. The molecule has 0 amide bonds. The van der Waals surface area contributed by atoms with Gasteiger partial charge >= 0.3 is 0 Å². The van der Waals surface area contributed by atoms with E-state index in [2.05, 4.69) is 27.5 Å². The van der Waals surface area contributed by atoms with E-state index in [0.29, 0.717) is 5.92 Å². The number of anilines is 2. The number of thioether (sulfide) groups is 1. The Labute approximate surface area is 125 Å². The molecule has 1 heterocycles. The van der Waals surface area contributed by atoms with Crippen molar-refractivity contribution in [2.24, 2.45) is 5.92 Å². The Morgan fingerprint density at radius 3 is 2.45 bits per heavy atom. The molecule has 0 bridgehead atoms. The first-order valence-electron chi connectivity index (χ1n) is 7.30. The minimum Gasteiger partial charge on any atom is -0.393 e. The van der Waals surface area contributed by atoms with E-state index in [1.807, 2.05) is 12.3 Å². The summed E-state index contributed by atoms with van der Waals surface area (Å²) in [5.41, 5.74) is 0. The van der Waals surface area contributed by atoms with Crippen molar-refractivity contribution in [1.29, 1.82) is 0 Å².